The highest BCUT2D eigenvalue weighted by Crippen LogP contribution is 2.21. The summed E-state index contributed by atoms with van der Waals surface area (Å²) in [5.41, 5.74) is 0.543. The zero-order valence-electron chi connectivity index (χ0n) is 30.9. The second kappa shape index (κ2) is 20.5. The first kappa shape index (κ1) is 42.0. The summed E-state index contributed by atoms with van der Waals surface area (Å²) in [7, 11) is 0.235. The molecule has 0 radical (unpaired) electrons. The molecule has 4 N–H and O–H groups in total. The number of carbonyl (C=O) groups excluding carboxylic acids is 5. The summed E-state index contributed by atoms with van der Waals surface area (Å²) in [6.45, 7) is 5.12. The van der Waals surface area contributed by atoms with Crippen LogP contribution in [0.15, 0.2) is 54.6 Å². The molecule has 1 unspecified atom stereocenters. The van der Waals surface area contributed by atoms with Crippen molar-refractivity contribution in [1.82, 2.24) is 20.9 Å². The molecule has 2 aromatic carbocycles. The van der Waals surface area contributed by atoms with E-state index < -0.39 is 58.3 Å². The smallest absolute Gasteiger partial charge is 0.408 e. The van der Waals surface area contributed by atoms with E-state index in [1.54, 1.807) is 40.0 Å². The van der Waals surface area contributed by atoms with Crippen LogP contribution in [0.3, 0.4) is 0 Å². The molecule has 286 valence electrons. The van der Waals surface area contributed by atoms with Gasteiger partial charge in [-0.2, -0.15) is 0 Å². The fourth-order valence-corrected chi connectivity index (χ4v) is 6.30. The number of hydrogen-bond donors (Lipinski definition) is 4. The van der Waals surface area contributed by atoms with E-state index >= 15 is 0 Å². The Morgan fingerprint density at radius 1 is 0.846 bits per heavy atom. The van der Waals surface area contributed by atoms with Crippen LogP contribution in [-0.4, -0.2) is 99.4 Å². The molecule has 1 aliphatic carbocycles. The molecule has 52 heavy (non-hydrogen) atoms. The Morgan fingerprint density at radius 3 is 2.04 bits per heavy atom. The fraction of sp³-hybridized carbons (Fsp3) is 0.553. The van der Waals surface area contributed by atoms with Crippen molar-refractivity contribution in [2.24, 2.45) is 0 Å². The second-order valence-corrected chi connectivity index (χ2v) is 15.8. The first-order valence-electron chi connectivity index (χ1n) is 17.8. The molecule has 3 rings (SSSR count). The van der Waals surface area contributed by atoms with Gasteiger partial charge in [0.05, 0.1) is 6.42 Å². The Bertz CT molecular complexity index is 1510. The molecule has 2 aromatic rings. The third-order valence-electron chi connectivity index (χ3n) is 8.49. The molecule has 4 atom stereocenters. The highest BCUT2D eigenvalue weighted by molar-refractivity contribution is 7.84. The predicted molar refractivity (Wildman–Crippen MR) is 198 cm³/mol. The topological polar surface area (TPSA) is 180 Å². The highest BCUT2D eigenvalue weighted by Gasteiger charge is 2.32. The summed E-state index contributed by atoms with van der Waals surface area (Å²) < 4.78 is 23.1. The number of phenols is 1. The molecule has 0 spiro atoms. The van der Waals surface area contributed by atoms with E-state index in [1.807, 2.05) is 30.3 Å². The average molecular weight is 743 g/mol. The first-order chi connectivity index (χ1) is 24.6. The van der Waals surface area contributed by atoms with Crippen LogP contribution in [0.25, 0.3) is 0 Å². The Balaban J connectivity index is 1.79. The van der Waals surface area contributed by atoms with E-state index in [9.17, 15) is 33.3 Å². The molecule has 0 bridgehead atoms. The van der Waals surface area contributed by atoms with Crippen molar-refractivity contribution in [3.8, 4) is 5.75 Å². The van der Waals surface area contributed by atoms with E-state index in [2.05, 4.69) is 16.0 Å². The molecule has 1 fully saturated rings. The van der Waals surface area contributed by atoms with Gasteiger partial charge in [0.15, 0.2) is 0 Å². The van der Waals surface area contributed by atoms with Crippen LogP contribution >= 0.6 is 0 Å². The van der Waals surface area contributed by atoms with Crippen LogP contribution in [0, 0.1) is 0 Å². The van der Waals surface area contributed by atoms with Crippen LogP contribution < -0.4 is 16.0 Å². The Hall–Kier alpha value is -4.46. The molecule has 0 heterocycles. The van der Waals surface area contributed by atoms with Gasteiger partial charge >= 0.3 is 12.1 Å². The maximum absolute atomic E-state index is 13.9. The van der Waals surface area contributed by atoms with E-state index in [4.69, 9.17) is 9.47 Å². The van der Waals surface area contributed by atoms with Gasteiger partial charge in [0, 0.05) is 49.2 Å². The van der Waals surface area contributed by atoms with Crippen molar-refractivity contribution in [3.63, 3.8) is 0 Å². The molecular weight excluding hydrogens is 689 g/mol. The SMILES string of the molecule is CN(CCC(=O)OC1CCCCC1)C(=O)[C@H](Cc1ccccc1)NC(=O)[C@@H](CCS(C)=O)NC(=O)[C@H](Cc1ccc(O)cc1)NC(=O)OC(C)(C)C. The zero-order valence-corrected chi connectivity index (χ0v) is 31.7. The van der Waals surface area contributed by atoms with Gasteiger partial charge < -0.3 is 35.4 Å². The quantitative estimate of drug-likeness (QED) is 0.177. The van der Waals surface area contributed by atoms with E-state index in [-0.39, 0.29) is 55.8 Å². The predicted octanol–water partition coefficient (Wildman–Crippen LogP) is 3.53. The summed E-state index contributed by atoms with van der Waals surface area (Å²) in [5.74, 6) is -2.12. The molecule has 4 amide bonds. The number of phenolic OH excluding ortho intramolecular Hbond substituents is 1. The molecule has 13 nitrogen and oxygen atoms in total. The molecule has 1 aliphatic rings. The molecule has 14 heteroatoms. The Labute approximate surface area is 309 Å². The third-order valence-corrected chi connectivity index (χ3v) is 9.30. The summed E-state index contributed by atoms with van der Waals surface area (Å²) in [4.78, 5) is 68.2. The fourth-order valence-electron chi connectivity index (χ4n) is 5.74. The number of aromatic hydroxyl groups is 1. The molecule has 0 aromatic heterocycles. The van der Waals surface area contributed by atoms with Gasteiger partial charge in [-0.05, 0) is 76.1 Å². The lowest BCUT2D eigenvalue weighted by Gasteiger charge is -2.28. The van der Waals surface area contributed by atoms with E-state index in [0.717, 1.165) is 37.7 Å². The number of hydrogen-bond acceptors (Lipinski definition) is 9. The van der Waals surface area contributed by atoms with Crippen molar-refractivity contribution in [2.75, 3.05) is 25.6 Å². The van der Waals surface area contributed by atoms with Crippen LogP contribution in [0.2, 0.25) is 0 Å². The normalized spacial score (nSPS) is 15.6. The van der Waals surface area contributed by atoms with Gasteiger partial charge in [0.2, 0.25) is 17.7 Å². The summed E-state index contributed by atoms with van der Waals surface area (Å²) in [5, 5.41) is 17.8. The van der Waals surface area contributed by atoms with Gasteiger partial charge in [-0.3, -0.25) is 23.4 Å². The zero-order chi connectivity index (χ0) is 38.3. The van der Waals surface area contributed by atoms with Gasteiger partial charge in [0.1, 0.15) is 35.6 Å². The number of nitrogens with one attached hydrogen (secondary N) is 3. The van der Waals surface area contributed by atoms with Crippen molar-refractivity contribution >= 4 is 40.6 Å². The maximum Gasteiger partial charge on any atom is 0.408 e. The highest BCUT2D eigenvalue weighted by atomic mass is 32.2. The van der Waals surface area contributed by atoms with Gasteiger partial charge in [-0.25, -0.2) is 4.79 Å². The van der Waals surface area contributed by atoms with Gasteiger partial charge in [0.25, 0.3) is 0 Å². The standard InChI is InChI=1S/C38H54N4O9S/c1-38(2,3)51-37(48)41-31(24-27-16-18-28(43)19-17-27)35(46)39-30(21-23-52(5)49)34(45)40-32(25-26-12-8-6-9-13-26)36(47)42(4)22-20-33(44)50-29-14-10-7-11-15-29/h6,8-9,12-13,16-19,29-32,43H,7,10-11,14-15,20-25H2,1-5H3,(H,39,46)(H,40,45)(H,41,48)/t30-,31+,32+,52?/m1/s1. The lowest BCUT2D eigenvalue weighted by molar-refractivity contribution is -0.151. The number of alkyl carbamates (subject to hydrolysis) is 1. The summed E-state index contributed by atoms with van der Waals surface area (Å²) in [6, 6.07) is 11.7. The number of ether oxygens (including phenoxy) is 2. The summed E-state index contributed by atoms with van der Waals surface area (Å²) in [6.07, 6.45) is 5.49. The number of amides is 4. The second-order valence-electron chi connectivity index (χ2n) is 14.2. The van der Waals surface area contributed by atoms with Gasteiger partial charge in [-0.1, -0.05) is 48.9 Å². The lowest BCUT2D eigenvalue weighted by atomic mass is 9.98. The Kier molecular flexibility index (Phi) is 16.6. The van der Waals surface area contributed by atoms with E-state index in [1.165, 1.54) is 23.3 Å². The molecule has 1 saturated carbocycles. The maximum atomic E-state index is 13.9. The monoisotopic (exact) mass is 742 g/mol. The largest absolute Gasteiger partial charge is 0.508 e. The average Bonchev–Trinajstić information content (AvgIpc) is 3.08. The number of nitrogens with zero attached hydrogens (tertiary/aromatic N) is 1. The van der Waals surface area contributed by atoms with Crippen molar-refractivity contribution in [3.05, 3.63) is 65.7 Å². The van der Waals surface area contributed by atoms with Crippen LogP contribution in [0.4, 0.5) is 4.79 Å². The lowest BCUT2D eigenvalue weighted by Crippen LogP contribution is -2.58. The number of likely N-dealkylation sites (N-methyl/N-ethyl adjacent to an activating group) is 1. The minimum atomic E-state index is -1.32. The van der Waals surface area contributed by atoms with Crippen LogP contribution in [0.1, 0.15) is 76.8 Å². The number of carbonyl (C=O) groups is 5. The van der Waals surface area contributed by atoms with Crippen molar-refractivity contribution < 1.29 is 42.8 Å². The first-order valence-corrected chi connectivity index (χ1v) is 19.5. The minimum Gasteiger partial charge on any atom is -0.508 e. The number of esters is 1. The van der Waals surface area contributed by atoms with Crippen molar-refractivity contribution in [1.29, 1.82) is 0 Å². The van der Waals surface area contributed by atoms with E-state index in [0.29, 0.717) is 5.56 Å². The molecule has 0 saturated heterocycles. The minimum absolute atomic E-state index is 0.00118. The third kappa shape index (κ3) is 15.4. The van der Waals surface area contributed by atoms with Crippen LogP contribution in [-0.2, 0) is 52.3 Å². The number of rotatable bonds is 17. The Morgan fingerprint density at radius 2 is 1.42 bits per heavy atom. The van der Waals surface area contributed by atoms with Gasteiger partial charge in [-0.15, -0.1) is 0 Å². The number of benzene rings is 2. The van der Waals surface area contributed by atoms with Crippen LogP contribution in [0.5, 0.6) is 5.75 Å². The van der Waals surface area contributed by atoms with Crippen molar-refractivity contribution in [2.45, 2.75) is 108 Å². The molecular formula is C38H54N4O9S. The summed E-state index contributed by atoms with van der Waals surface area (Å²) >= 11 is 0. The molecule has 0 aliphatic heterocycles.